The van der Waals surface area contributed by atoms with E-state index in [0.717, 1.165) is 44.6 Å². The van der Waals surface area contributed by atoms with Crippen molar-refractivity contribution in [3.05, 3.63) is 23.4 Å². The van der Waals surface area contributed by atoms with Crippen LogP contribution >= 0.6 is 11.6 Å². The minimum atomic E-state index is -0.0162. The molecule has 0 spiro atoms. The summed E-state index contributed by atoms with van der Waals surface area (Å²) in [6.07, 6.45) is 5.58. The number of pyridine rings is 1. The lowest BCUT2D eigenvalue weighted by molar-refractivity contribution is -0.125. The van der Waals surface area contributed by atoms with Crippen molar-refractivity contribution in [1.82, 2.24) is 10.3 Å². The molecule has 3 rings (SSSR count). The topological polar surface area (TPSA) is 71.2 Å². The molecule has 114 valence electrons. The largest absolute Gasteiger partial charge is 0.353 e. The van der Waals surface area contributed by atoms with Gasteiger partial charge in [-0.2, -0.15) is 0 Å². The fraction of sp³-hybridized carbons (Fsp3) is 0.600. The average molecular weight is 309 g/mol. The van der Waals surface area contributed by atoms with Crippen LogP contribution in [0.15, 0.2) is 18.3 Å². The van der Waals surface area contributed by atoms with Crippen LogP contribution in [-0.4, -0.2) is 36.1 Å². The Kier molecular flexibility index (Phi) is 4.31. The zero-order chi connectivity index (χ0) is 14.8. The molecule has 3 unspecified atom stereocenters. The van der Waals surface area contributed by atoms with E-state index in [4.69, 9.17) is 17.3 Å². The second-order valence-corrected chi connectivity index (χ2v) is 6.36. The highest BCUT2D eigenvalue weighted by Crippen LogP contribution is 2.27. The van der Waals surface area contributed by atoms with Gasteiger partial charge in [-0.3, -0.25) is 4.79 Å². The fourth-order valence-electron chi connectivity index (χ4n) is 3.30. The molecular weight excluding hydrogens is 288 g/mol. The van der Waals surface area contributed by atoms with E-state index in [1.54, 1.807) is 6.20 Å². The molecule has 1 aliphatic heterocycles. The van der Waals surface area contributed by atoms with Crippen molar-refractivity contribution in [3.63, 3.8) is 0 Å². The Labute approximate surface area is 129 Å². The first-order chi connectivity index (χ1) is 10.1. The number of hydrogen-bond donors (Lipinski definition) is 2. The summed E-state index contributed by atoms with van der Waals surface area (Å²) >= 11 is 6.17. The van der Waals surface area contributed by atoms with Crippen LogP contribution < -0.4 is 16.0 Å². The number of carbonyl (C=O) groups excluding carboxylic acids is 1. The van der Waals surface area contributed by atoms with Gasteiger partial charge in [0.15, 0.2) is 0 Å². The number of nitrogens with two attached hydrogens (primary N) is 1. The van der Waals surface area contributed by atoms with Gasteiger partial charge >= 0.3 is 0 Å². The third-order valence-electron chi connectivity index (χ3n) is 4.48. The molecule has 0 aromatic carbocycles. The van der Waals surface area contributed by atoms with Gasteiger partial charge < -0.3 is 16.0 Å². The van der Waals surface area contributed by atoms with Gasteiger partial charge in [-0.1, -0.05) is 18.0 Å². The molecule has 1 aromatic rings. The Bertz CT molecular complexity index is 524. The van der Waals surface area contributed by atoms with Gasteiger partial charge in [0.2, 0.25) is 5.91 Å². The van der Waals surface area contributed by atoms with E-state index in [9.17, 15) is 4.79 Å². The molecule has 21 heavy (non-hydrogen) atoms. The maximum atomic E-state index is 12.3. The maximum Gasteiger partial charge on any atom is 0.224 e. The Balaban J connectivity index is 1.58. The van der Waals surface area contributed by atoms with Crippen molar-refractivity contribution in [2.45, 2.75) is 37.8 Å². The van der Waals surface area contributed by atoms with E-state index in [-0.39, 0.29) is 23.9 Å². The molecule has 2 heterocycles. The van der Waals surface area contributed by atoms with Crippen molar-refractivity contribution in [3.8, 4) is 0 Å². The van der Waals surface area contributed by atoms with Crippen LogP contribution in [0.3, 0.4) is 0 Å². The Morgan fingerprint density at radius 3 is 3.00 bits per heavy atom. The molecule has 2 fully saturated rings. The van der Waals surface area contributed by atoms with Crippen LogP contribution in [0.4, 0.5) is 5.82 Å². The average Bonchev–Trinajstić information content (AvgIpc) is 3.08. The minimum absolute atomic E-state index is 0.0162. The van der Waals surface area contributed by atoms with Crippen LogP contribution in [0.25, 0.3) is 0 Å². The van der Waals surface area contributed by atoms with Crippen LogP contribution in [0.2, 0.25) is 5.02 Å². The predicted octanol–water partition coefficient (Wildman–Crippen LogP) is 1.56. The Morgan fingerprint density at radius 1 is 1.43 bits per heavy atom. The summed E-state index contributed by atoms with van der Waals surface area (Å²) < 4.78 is 0. The van der Waals surface area contributed by atoms with Crippen molar-refractivity contribution < 1.29 is 4.79 Å². The highest BCUT2D eigenvalue weighted by atomic mass is 35.5. The first-order valence-electron chi connectivity index (χ1n) is 7.56. The van der Waals surface area contributed by atoms with Crippen molar-refractivity contribution in [2.24, 2.45) is 11.7 Å². The van der Waals surface area contributed by atoms with E-state index in [1.165, 1.54) is 0 Å². The predicted molar refractivity (Wildman–Crippen MR) is 83.3 cm³/mol. The highest BCUT2D eigenvalue weighted by Gasteiger charge is 2.33. The van der Waals surface area contributed by atoms with Crippen molar-refractivity contribution in [2.75, 3.05) is 18.0 Å². The molecule has 1 aromatic heterocycles. The van der Waals surface area contributed by atoms with Crippen molar-refractivity contribution >= 4 is 23.3 Å². The minimum Gasteiger partial charge on any atom is -0.353 e. The standard InChI is InChI=1S/C15H21ClN4O/c16-12-4-2-7-18-14(12)20-8-6-10(9-20)19-15(21)11-3-1-5-13(11)17/h2,4,7,10-11,13H,1,3,5-6,8-9,17H2,(H,19,21). The number of nitrogens with zero attached hydrogens (tertiary/aromatic N) is 2. The number of rotatable bonds is 3. The van der Waals surface area contributed by atoms with Gasteiger partial charge in [0.25, 0.3) is 0 Å². The van der Waals surface area contributed by atoms with Gasteiger partial charge in [-0.05, 0) is 31.4 Å². The SMILES string of the molecule is NC1CCCC1C(=O)NC1CCN(c2ncccc2Cl)C1. The Hall–Kier alpha value is -1.33. The van der Waals surface area contributed by atoms with Crippen molar-refractivity contribution in [1.29, 1.82) is 0 Å². The highest BCUT2D eigenvalue weighted by molar-refractivity contribution is 6.32. The van der Waals surface area contributed by atoms with Crippen LogP contribution in [0.5, 0.6) is 0 Å². The van der Waals surface area contributed by atoms with Crippen LogP contribution in [0.1, 0.15) is 25.7 Å². The van der Waals surface area contributed by atoms with E-state index in [0.29, 0.717) is 5.02 Å². The molecule has 1 aliphatic carbocycles. The van der Waals surface area contributed by atoms with E-state index < -0.39 is 0 Å². The number of amides is 1. The number of aromatic nitrogens is 1. The maximum absolute atomic E-state index is 12.3. The lowest BCUT2D eigenvalue weighted by Crippen LogP contribution is -2.44. The summed E-state index contributed by atoms with van der Waals surface area (Å²) in [7, 11) is 0. The van der Waals surface area contributed by atoms with Crippen LogP contribution in [0, 0.1) is 5.92 Å². The second kappa shape index (κ2) is 6.20. The van der Waals surface area contributed by atoms with Gasteiger partial charge in [0.1, 0.15) is 5.82 Å². The van der Waals surface area contributed by atoms with E-state index in [2.05, 4.69) is 15.2 Å². The number of anilines is 1. The zero-order valence-corrected chi connectivity index (χ0v) is 12.7. The normalized spacial score (nSPS) is 28.9. The van der Waals surface area contributed by atoms with Gasteiger partial charge in [0.05, 0.1) is 10.9 Å². The Morgan fingerprint density at radius 2 is 2.29 bits per heavy atom. The second-order valence-electron chi connectivity index (χ2n) is 5.95. The molecule has 6 heteroatoms. The first-order valence-corrected chi connectivity index (χ1v) is 7.94. The summed E-state index contributed by atoms with van der Waals surface area (Å²) in [4.78, 5) is 18.7. The summed E-state index contributed by atoms with van der Waals surface area (Å²) in [5, 5.41) is 3.79. The third kappa shape index (κ3) is 3.14. The lowest BCUT2D eigenvalue weighted by atomic mass is 10.0. The molecule has 5 nitrogen and oxygen atoms in total. The molecule has 0 radical (unpaired) electrons. The lowest BCUT2D eigenvalue weighted by Gasteiger charge is -2.21. The smallest absolute Gasteiger partial charge is 0.224 e. The van der Waals surface area contributed by atoms with Gasteiger partial charge in [-0.15, -0.1) is 0 Å². The molecular formula is C15H21ClN4O. The number of nitrogens with one attached hydrogen (secondary N) is 1. The van der Waals surface area contributed by atoms with Gasteiger partial charge in [-0.25, -0.2) is 4.98 Å². The summed E-state index contributed by atoms with van der Waals surface area (Å²) in [6.45, 7) is 1.61. The summed E-state index contributed by atoms with van der Waals surface area (Å²) in [5.74, 6) is 0.893. The quantitative estimate of drug-likeness (QED) is 0.889. The monoisotopic (exact) mass is 308 g/mol. The summed E-state index contributed by atoms with van der Waals surface area (Å²) in [5.41, 5.74) is 5.99. The summed E-state index contributed by atoms with van der Waals surface area (Å²) in [6, 6.07) is 3.84. The molecule has 1 amide bonds. The molecule has 0 bridgehead atoms. The van der Waals surface area contributed by atoms with Crippen LogP contribution in [-0.2, 0) is 4.79 Å². The molecule has 3 atom stereocenters. The molecule has 2 aliphatic rings. The number of hydrogen-bond acceptors (Lipinski definition) is 4. The third-order valence-corrected chi connectivity index (χ3v) is 4.77. The van der Waals surface area contributed by atoms with E-state index >= 15 is 0 Å². The first kappa shape index (κ1) is 14.6. The fourth-order valence-corrected chi connectivity index (χ4v) is 3.54. The number of halogens is 1. The van der Waals surface area contributed by atoms with Gasteiger partial charge in [0, 0.05) is 31.4 Å². The molecule has 3 N–H and O–H groups in total. The molecule has 1 saturated carbocycles. The zero-order valence-electron chi connectivity index (χ0n) is 12.0. The number of carbonyl (C=O) groups is 1. The van der Waals surface area contributed by atoms with E-state index in [1.807, 2.05) is 12.1 Å². The molecule has 1 saturated heterocycles.